The Morgan fingerprint density at radius 1 is 1.38 bits per heavy atom. The number of carboxylic acid groups (broad SMARTS) is 1. The molecule has 0 spiro atoms. The van der Waals surface area contributed by atoms with E-state index in [1.54, 1.807) is 13.8 Å². The summed E-state index contributed by atoms with van der Waals surface area (Å²) in [6.45, 7) is 5.97. The van der Waals surface area contributed by atoms with Crippen LogP contribution in [0.2, 0.25) is 0 Å². The Morgan fingerprint density at radius 3 is 2.43 bits per heavy atom. The molecule has 1 unspecified atom stereocenters. The summed E-state index contributed by atoms with van der Waals surface area (Å²) in [5, 5.41) is 10.4. The summed E-state index contributed by atoms with van der Waals surface area (Å²) in [6.07, 6.45) is 0. The van der Waals surface area contributed by atoms with Crippen LogP contribution in [0.5, 0.6) is 0 Å². The molecule has 2 N–H and O–H groups in total. The van der Waals surface area contributed by atoms with Crippen molar-refractivity contribution >= 4 is 33.2 Å². The smallest absolute Gasteiger partial charge is 0.347 e. The van der Waals surface area contributed by atoms with Gasteiger partial charge in [-0.1, -0.05) is 0 Å². The number of aromatic carboxylic acids is 1. The molecule has 0 radical (unpaired) electrons. The molecule has 1 aromatic heterocycles. The second-order valence-corrected chi connectivity index (χ2v) is 6.87. The summed E-state index contributed by atoms with van der Waals surface area (Å²) in [6, 6.07) is 0.252. The minimum absolute atomic E-state index is 0.273. The van der Waals surface area contributed by atoms with Gasteiger partial charge in [0.25, 0.3) is 0 Å². The van der Waals surface area contributed by atoms with E-state index in [4.69, 9.17) is 5.11 Å². The molecular weight excluding hydrogens is 316 g/mol. The van der Waals surface area contributed by atoms with Gasteiger partial charge in [-0.05, 0) is 32.2 Å². The molecule has 1 aromatic rings. The molecule has 7 nitrogen and oxygen atoms in total. The number of rotatable bonds is 7. The first-order valence-electron chi connectivity index (χ1n) is 6.36. The van der Waals surface area contributed by atoms with Crippen LogP contribution in [0.15, 0.2) is 16.3 Å². The molecule has 0 bridgehead atoms. The number of nitrogens with zero attached hydrogens (tertiary/aromatic N) is 1. The summed E-state index contributed by atoms with van der Waals surface area (Å²) in [4.78, 5) is 24.0. The third kappa shape index (κ3) is 4.02. The highest BCUT2D eigenvalue weighted by molar-refractivity contribution is 7.89. The van der Waals surface area contributed by atoms with Crippen molar-refractivity contribution in [2.24, 2.45) is 0 Å². The second-order valence-electron chi connectivity index (χ2n) is 4.27. The topological polar surface area (TPSA) is 104 Å². The molecule has 0 aliphatic heterocycles. The third-order valence-electron chi connectivity index (χ3n) is 2.89. The van der Waals surface area contributed by atoms with Crippen molar-refractivity contribution in [3.05, 3.63) is 16.3 Å². The quantitative estimate of drug-likeness (QED) is 0.773. The van der Waals surface area contributed by atoms with E-state index >= 15 is 0 Å². The zero-order valence-corrected chi connectivity index (χ0v) is 13.6. The summed E-state index contributed by atoms with van der Waals surface area (Å²) < 4.78 is 26.6. The Balaban J connectivity index is 2.97. The van der Waals surface area contributed by atoms with E-state index in [1.807, 2.05) is 0 Å². The number of hydrogen-bond donors (Lipinski definition) is 2. The molecule has 0 aliphatic carbocycles. The number of amides is 1. The Hall–Kier alpha value is -1.45. The van der Waals surface area contributed by atoms with Crippen LogP contribution < -0.4 is 4.72 Å². The average molecular weight is 334 g/mol. The van der Waals surface area contributed by atoms with Crippen molar-refractivity contribution in [1.29, 1.82) is 0 Å². The van der Waals surface area contributed by atoms with E-state index in [0.29, 0.717) is 13.1 Å². The van der Waals surface area contributed by atoms with Crippen LogP contribution in [0.1, 0.15) is 30.4 Å². The predicted molar refractivity (Wildman–Crippen MR) is 79.0 cm³/mol. The van der Waals surface area contributed by atoms with Crippen LogP contribution in [0, 0.1) is 0 Å². The maximum Gasteiger partial charge on any atom is 0.347 e. The van der Waals surface area contributed by atoms with Gasteiger partial charge in [0.1, 0.15) is 9.77 Å². The van der Waals surface area contributed by atoms with Gasteiger partial charge in [0.05, 0.1) is 6.04 Å². The van der Waals surface area contributed by atoms with Crippen molar-refractivity contribution in [2.45, 2.75) is 31.7 Å². The fourth-order valence-electron chi connectivity index (χ4n) is 1.82. The predicted octanol–water partition coefficient (Wildman–Crippen LogP) is 0.981. The van der Waals surface area contributed by atoms with E-state index in [9.17, 15) is 18.0 Å². The van der Waals surface area contributed by atoms with E-state index in [0.717, 1.165) is 11.3 Å². The van der Waals surface area contributed by atoms with E-state index in [1.165, 1.54) is 23.3 Å². The van der Waals surface area contributed by atoms with Gasteiger partial charge in [-0.3, -0.25) is 4.79 Å². The van der Waals surface area contributed by atoms with Crippen molar-refractivity contribution < 1.29 is 23.1 Å². The van der Waals surface area contributed by atoms with Gasteiger partial charge in [-0.2, -0.15) is 4.72 Å². The molecule has 0 fully saturated rings. The fourth-order valence-corrected chi connectivity index (χ4v) is 4.28. The maximum absolute atomic E-state index is 12.2. The van der Waals surface area contributed by atoms with Crippen LogP contribution >= 0.6 is 11.3 Å². The van der Waals surface area contributed by atoms with Gasteiger partial charge in [0.2, 0.25) is 15.9 Å². The molecule has 0 aliphatic rings. The van der Waals surface area contributed by atoms with Gasteiger partial charge < -0.3 is 10.0 Å². The minimum Gasteiger partial charge on any atom is -0.477 e. The van der Waals surface area contributed by atoms with Crippen LogP contribution in [0.3, 0.4) is 0 Å². The average Bonchev–Trinajstić information content (AvgIpc) is 2.89. The SMILES string of the molecule is CCN(CC)C(=O)C(C)NS(=O)(=O)c1ccsc1C(=O)O. The van der Waals surface area contributed by atoms with Crippen molar-refractivity contribution in [1.82, 2.24) is 9.62 Å². The molecule has 0 saturated heterocycles. The van der Waals surface area contributed by atoms with Crippen molar-refractivity contribution in [2.75, 3.05) is 13.1 Å². The molecule has 1 amide bonds. The lowest BCUT2D eigenvalue weighted by atomic mass is 10.3. The van der Waals surface area contributed by atoms with Crippen LogP contribution in [-0.2, 0) is 14.8 Å². The zero-order chi connectivity index (χ0) is 16.2. The number of hydrogen-bond acceptors (Lipinski definition) is 5. The number of thiophene rings is 1. The summed E-state index contributed by atoms with van der Waals surface area (Å²) in [5.41, 5.74) is 0. The van der Waals surface area contributed by atoms with Crippen molar-refractivity contribution in [3.8, 4) is 0 Å². The molecule has 1 atom stereocenters. The fraction of sp³-hybridized carbons (Fsp3) is 0.500. The number of carbonyl (C=O) groups excluding carboxylic acids is 1. The highest BCUT2D eigenvalue weighted by Crippen LogP contribution is 2.22. The lowest BCUT2D eigenvalue weighted by molar-refractivity contribution is -0.132. The standard InChI is InChI=1S/C12H18N2O5S2/c1-4-14(5-2)11(15)8(3)13-21(18,19)9-6-7-20-10(9)12(16)17/h6-8,13H,4-5H2,1-3H3,(H,16,17). The second kappa shape index (κ2) is 7.01. The van der Waals surface area contributed by atoms with Gasteiger partial charge >= 0.3 is 5.97 Å². The Morgan fingerprint density at radius 2 is 1.95 bits per heavy atom. The van der Waals surface area contributed by atoms with Gasteiger partial charge in [0, 0.05) is 13.1 Å². The molecule has 118 valence electrons. The molecule has 1 heterocycles. The maximum atomic E-state index is 12.2. The zero-order valence-electron chi connectivity index (χ0n) is 12.0. The van der Waals surface area contributed by atoms with Crippen LogP contribution in [0.25, 0.3) is 0 Å². The summed E-state index contributed by atoms with van der Waals surface area (Å²) in [5.74, 6) is -1.66. The normalized spacial score (nSPS) is 12.9. The monoisotopic (exact) mass is 334 g/mol. The molecule has 0 saturated carbocycles. The van der Waals surface area contributed by atoms with Gasteiger partial charge in [-0.15, -0.1) is 11.3 Å². The van der Waals surface area contributed by atoms with E-state index in [-0.39, 0.29) is 15.7 Å². The summed E-state index contributed by atoms with van der Waals surface area (Å²) >= 11 is 0.821. The molecule has 1 rings (SSSR count). The Kier molecular flexibility index (Phi) is 5.87. The van der Waals surface area contributed by atoms with Crippen LogP contribution in [-0.4, -0.2) is 49.4 Å². The lowest BCUT2D eigenvalue weighted by Crippen LogP contribution is -2.46. The largest absolute Gasteiger partial charge is 0.477 e. The Bertz CT molecular complexity index is 619. The number of sulfonamides is 1. The van der Waals surface area contributed by atoms with Gasteiger partial charge in [-0.25, -0.2) is 13.2 Å². The highest BCUT2D eigenvalue weighted by atomic mass is 32.2. The Labute approximate surface area is 127 Å². The van der Waals surface area contributed by atoms with Crippen molar-refractivity contribution in [3.63, 3.8) is 0 Å². The van der Waals surface area contributed by atoms with E-state index < -0.39 is 22.0 Å². The molecular formula is C12H18N2O5S2. The first kappa shape index (κ1) is 17.6. The highest BCUT2D eigenvalue weighted by Gasteiger charge is 2.28. The molecule has 21 heavy (non-hydrogen) atoms. The molecule has 0 aromatic carbocycles. The van der Waals surface area contributed by atoms with Crippen LogP contribution in [0.4, 0.5) is 0 Å². The third-order valence-corrected chi connectivity index (χ3v) is 5.51. The molecule has 9 heteroatoms. The van der Waals surface area contributed by atoms with Gasteiger partial charge in [0.15, 0.2) is 0 Å². The first-order chi connectivity index (χ1) is 9.74. The summed E-state index contributed by atoms with van der Waals surface area (Å²) in [7, 11) is -4.05. The van der Waals surface area contributed by atoms with E-state index in [2.05, 4.69) is 4.72 Å². The minimum atomic E-state index is -4.05. The first-order valence-corrected chi connectivity index (χ1v) is 8.72. The number of nitrogens with one attached hydrogen (secondary N) is 1. The lowest BCUT2D eigenvalue weighted by Gasteiger charge is -2.23. The number of likely N-dealkylation sites (N-methyl/N-ethyl adjacent to an activating group) is 1. The number of carboxylic acids is 1. The number of carbonyl (C=O) groups is 2.